The molecule has 2 aromatic carbocycles. The molecule has 0 saturated carbocycles. The van der Waals surface area contributed by atoms with Crippen molar-refractivity contribution in [3.8, 4) is 11.4 Å². The number of carbonyl (C=O) groups is 1. The number of hydrogen-bond acceptors (Lipinski definition) is 6. The minimum Gasteiger partial charge on any atom is -0.383 e. The number of amides is 1. The maximum absolute atomic E-state index is 11.8. The average Bonchev–Trinajstić information content (AvgIpc) is 2.92. The number of nitrogens with one attached hydrogen (secondary N) is 1. The van der Waals surface area contributed by atoms with Gasteiger partial charge in [0.05, 0.1) is 10.4 Å². The summed E-state index contributed by atoms with van der Waals surface area (Å²) >= 11 is 6.26. The maximum Gasteiger partial charge on any atom is 0.263 e. The first-order valence-corrected chi connectivity index (χ1v) is 8.70. The molecule has 0 atom stereocenters. The first-order chi connectivity index (χ1) is 12.1. The Morgan fingerprint density at radius 1 is 1.12 bits per heavy atom. The average molecular weight is 364 g/mol. The van der Waals surface area contributed by atoms with E-state index in [9.17, 15) is 4.79 Å². The van der Waals surface area contributed by atoms with E-state index < -0.39 is 0 Å². The summed E-state index contributed by atoms with van der Waals surface area (Å²) < 4.78 is 0.470. The molecule has 1 fully saturated rings. The van der Waals surface area contributed by atoms with Crippen molar-refractivity contribution in [3.05, 3.63) is 59.0 Å². The van der Waals surface area contributed by atoms with E-state index in [0.717, 1.165) is 22.0 Å². The summed E-state index contributed by atoms with van der Waals surface area (Å²) in [5.41, 5.74) is 8.56. The molecule has 0 aliphatic carbocycles. The number of benzene rings is 2. The van der Waals surface area contributed by atoms with Crippen LogP contribution < -0.4 is 11.1 Å². The monoisotopic (exact) mass is 364 g/mol. The highest BCUT2D eigenvalue weighted by atomic mass is 32.2. The first-order valence-electron chi connectivity index (χ1n) is 7.48. The molecule has 4 rings (SSSR count). The third-order valence-corrected chi connectivity index (χ3v) is 4.88. The molecule has 1 aromatic heterocycles. The topological polar surface area (TPSA) is 80.9 Å². The zero-order valence-electron chi connectivity index (χ0n) is 12.9. The molecule has 5 nitrogen and oxygen atoms in total. The number of fused-ring (bicyclic) bond motifs is 1. The van der Waals surface area contributed by atoms with Crippen LogP contribution in [-0.4, -0.2) is 20.2 Å². The zero-order valence-corrected chi connectivity index (χ0v) is 14.5. The summed E-state index contributed by atoms with van der Waals surface area (Å²) in [6, 6.07) is 15.3. The van der Waals surface area contributed by atoms with Crippen molar-refractivity contribution < 1.29 is 4.79 Å². The first kappa shape index (κ1) is 15.7. The Hall–Kier alpha value is -2.77. The minimum atomic E-state index is -0.174. The van der Waals surface area contributed by atoms with Crippen molar-refractivity contribution in [2.75, 3.05) is 5.73 Å². The van der Waals surface area contributed by atoms with Gasteiger partial charge in [-0.3, -0.25) is 4.79 Å². The molecule has 25 heavy (non-hydrogen) atoms. The van der Waals surface area contributed by atoms with Crippen LogP contribution in [0.4, 0.5) is 5.82 Å². The molecule has 0 unspecified atom stereocenters. The van der Waals surface area contributed by atoms with Crippen LogP contribution in [0, 0.1) is 0 Å². The lowest BCUT2D eigenvalue weighted by Gasteiger charge is -2.06. The molecule has 0 radical (unpaired) electrons. The summed E-state index contributed by atoms with van der Waals surface area (Å²) in [5.74, 6) is 0.822. The SMILES string of the molecule is Nc1nc(-c2cccc(/C=C3\SC(=S)NC3=O)c2)nc2ccccc12. The number of anilines is 1. The van der Waals surface area contributed by atoms with Gasteiger partial charge in [0.25, 0.3) is 5.91 Å². The predicted octanol–water partition coefficient (Wildman–Crippen LogP) is 3.37. The molecule has 1 amide bonds. The van der Waals surface area contributed by atoms with Gasteiger partial charge >= 0.3 is 0 Å². The third kappa shape index (κ3) is 3.11. The van der Waals surface area contributed by atoms with Gasteiger partial charge < -0.3 is 11.1 Å². The second-order valence-corrected chi connectivity index (χ2v) is 7.15. The van der Waals surface area contributed by atoms with Crippen LogP contribution in [0.1, 0.15) is 5.56 Å². The van der Waals surface area contributed by atoms with Gasteiger partial charge in [-0.15, -0.1) is 0 Å². The van der Waals surface area contributed by atoms with Gasteiger partial charge in [-0.25, -0.2) is 9.97 Å². The molecule has 3 N–H and O–H groups in total. The van der Waals surface area contributed by atoms with Gasteiger partial charge in [0.1, 0.15) is 10.1 Å². The van der Waals surface area contributed by atoms with Crippen LogP contribution in [0.3, 0.4) is 0 Å². The van der Waals surface area contributed by atoms with Gasteiger partial charge in [0.2, 0.25) is 0 Å². The van der Waals surface area contributed by atoms with Crippen molar-refractivity contribution in [3.63, 3.8) is 0 Å². The fraction of sp³-hybridized carbons (Fsp3) is 0. The van der Waals surface area contributed by atoms with E-state index in [1.54, 1.807) is 6.08 Å². The highest BCUT2D eigenvalue weighted by molar-refractivity contribution is 8.26. The normalized spacial score (nSPS) is 15.8. The molecule has 0 spiro atoms. The Balaban J connectivity index is 1.76. The second-order valence-electron chi connectivity index (χ2n) is 5.43. The number of nitrogen functional groups attached to an aromatic ring is 1. The summed E-state index contributed by atoms with van der Waals surface area (Å²) in [4.78, 5) is 21.4. The van der Waals surface area contributed by atoms with E-state index in [2.05, 4.69) is 15.3 Å². The summed E-state index contributed by atoms with van der Waals surface area (Å²) in [6.07, 6.45) is 1.80. The minimum absolute atomic E-state index is 0.174. The lowest BCUT2D eigenvalue weighted by Crippen LogP contribution is -2.17. The second kappa shape index (κ2) is 6.27. The Kier molecular flexibility index (Phi) is 3.95. The standard InChI is InChI=1S/C18H12N4OS2/c19-15-12-6-1-2-7-13(12)20-16(21-15)11-5-3-4-10(8-11)9-14-17(23)22-18(24)25-14/h1-9H,(H2,19,20,21)(H,22,23,24)/b14-9-. The molecule has 3 aromatic rings. The van der Waals surface area contributed by atoms with Gasteiger partial charge in [-0.05, 0) is 29.8 Å². The fourth-order valence-electron chi connectivity index (χ4n) is 2.57. The number of carbonyl (C=O) groups excluding carboxylic acids is 1. The van der Waals surface area contributed by atoms with Crippen LogP contribution >= 0.6 is 24.0 Å². The third-order valence-electron chi connectivity index (χ3n) is 3.72. The maximum atomic E-state index is 11.8. The summed E-state index contributed by atoms with van der Waals surface area (Å²) in [5, 5.41) is 3.44. The van der Waals surface area contributed by atoms with Gasteiger partial charge in [-0.1, -0.05) is 54.3 Å². The number of nitrogens with two attached hydrogens (primary N) is 1. The molecule has 0 bridgehead atoms. The molecule has 2 heterocycles. The lowest BCUT2D eigenvalue weighted by atomic mass is 10.1. The van der Waals surface area contributed by atoms with Gasteiger partial charge in [-0.2, -0.15) is 0 Å². The Bertz CT molecular complexity index is 1060. The van der Waals surface area contributed by atoms with Crippen molar-refractivity contribution in [2.24, 2.45) is 0 Å². The molecular formula is C18H12N4OS2. The predicted molar refractivity (Wildman–Crippen MR) is 106 cm³/mol. The number of aromatic nitrogens is 2. The Labute approximate surface area is 153 Å². The number of hydrogen-bond donors (Lipinski definition) is 2. The molecule has 122 valence electrons. The summed E-state index contributed by atoms with van der Waals surface area (Å²) in [7, 11) is 0. The highest BCUT2D eigenvalue weighted by Crippen LogP contribution is 2.28. The molecule has 1 aliphatic heterocycles. The number of thiocarbonyl (C=S) groups is 1. The van der Waals surface area contributed by atoms with E-state index >= 15 is 0 Å². The molecule has 1 aliphatic rings. The smallest absolute Gasteiger partial charge is 0.263 e. The van der Waals surface area contributed by atoms with Crippen LogP contribution in [0.2, 0.25) is 0 Å². The van der Waals surface area contributed by atoms with E-state index in [4.69, 9.17) is 18.0 Å². The zero-order chi connectivity index (χ0) is 17.4. The van der Waals surface area contributed by atoms with Crippen LogP contribution in [0.25, 0.3) is 28.4 Å². The van der Waals surface area contributed by atoms with Crippen molar-refractivity contribution >= 4 is 57.0 Å². The van der Waals surface area contributed by atoms with Gasteiger partial charge in [0, 0.05) is 10.9 Å². The number of para-hydroxylation sites is 1. The van der Waals surface area contributed by atoms with Crippen LogP contribution in [0.5, 0.6) is 0 Å². The van der Waals surface area contributed by atoms with E-state index in [-0.39, 0.29) is 5.91 Å². The van der Waals surface area contributed by atoms with Crippen LogP contribution in [0.15, 0.2) is 53.4 Å². The number of rotatable bonds is 2. The molecule has 7 heteroatoms. The van der Waals surface area contributed by atoms with Crippen molar-refractivity contribution in [2.45, 2.75) is 0 Å². The highest BCUT2D eigenvalue weighted by Gasteiger charge is 2.21. The largest absolute Gasteiger partial charge is 0.383 e. The van der Waals surface area contributed by atoms with E-state index in [1.165, 1.54) is 11.8 Å². The molecular weight excluding hydrogens is 352 g/mol. The van der Waals surface area contributed by atoms with E-state index in [0.29, 0.717) is 20.9 Å². The van der Waals surface area contributed by atoms with Crippen molar-refractivity contribution in [1.29, 1.82) is 0 Å². The number of nitrogens with zero attached hydrogens (tertiary/aromatic N) is 2. The fourth-order valence-corrected chi connectivity index (χ4v) is 3.61. The summed E-state index contributed by atoms with van der Waals surface area (Å²) in [6.45, 7) is 0. The van der Waals surface area contributed by atoms with Crippen LogP contribution in [-0.2, 0) is 4.79 Å². The van der Waals surface area contributed by atoms with Crippen molar-refractivity contribution in [1.82, 2.24) is 15.3 Å². The van der Waals surface area contributed by atoms with Gasteiger partial charge in [0.15, 0.2) is 5.82 Å². The number of thioether (sulfide) groups is 1. The molecule has 1 saturated heterocycles. The quantitative estimate of drug-likeness (QED) is 0.536. The van der Waals surface area contributed by atoms with E-state index in [1.807, 2.05) is 48.5 Å². The Morgan fingerprint density at radius 3 is 2.76 bits per heavy atom. The lowest BCUT2D eigenvalue weighted by molar-refractivity contribution is -0.115. The Morgan fingerprint density at radius 2 is 1.96 bits per heavy atom.